The number of anilines is 1. The van der Waals surface area contributed by atoms with Crippen molar-refractivity contribution in [3.63, 3.8) is 0 Å². The van der Waals surface area contributed by atoms with Gasteiger partial charge in [-0.25, -0.2) is 28.5 Å². The zero-order chi connectivity index (χ0) is 27.4. The molecule has 206 valence electrons. The number of fused-ring (bicyclic) bond motifs is 4. The molecule has 2 atom stereocenters. The average molecular weight is 551 g/mol. The molecule has 0 amide bonds. The van der Waals surface area contributed by atoms with Crippen molar-refractivity contribution in [1.82, 2.24) is 24.5 Å². The number of nitrogens with zero attached hydrogens (tertiary/aromatic N) is 6. The van der Waals surface area contributed by atoms with Crippen molar-refractivity contribution < 1.29 is 32.6 Å². The number of benzene rings is 1. The lowest BCUT2D eigenvalue weighted by Gasteiger charge is -2.26. The molecule has 0 radical (unpaired) electrons. The van der Waals surface area contributed by atoms with Crippen LogP contribution in [0.4, 0.5) is 14.6 Å². The maximum Gasteiger partial charge on any atom is 0.326 e. The first-order valence-corrected chi connectivity index (χ1v) is 13.0. The Kier molecular flexibility index (Phi) is 5.95. The molecular formula is C27H24F2N6O5. The van der Waals surface area contributed by atoms with Gasteiger partial charge in [-0.1, -0.05) is 12.1 Å². The molecule has 6 heterocycles. The van der Waals surface area contributed by atoms with Crippen LogP contribution >= 0.6 is 0 Å². The minimum absolute atomic E-state index is 0.00500. The van der Waals surface area contributed by atoms with Crippen molar-refractivity contribution >= 4 is 45.0 Å². The van der Waals surface area contributed by atoms with Crippen LogP contribution in [-0.2, 0) is 9.53 Å². The van der Waals surface area contributed by atoms with E-state index in [1.165, 1.54) is 4.90 Å². The van der Waals surface area contributed by atoms with Gasteiger partial charge in [-0.3, -0.25) is 4.57 Å². The molecule has 0 spiro atoms. The van der Waals surface area contributed by atoms with Crippen LogP contribution in [0.1, 0.15) is 37.6 Å². The molecule has 11 nitrogen and oxygen atoms in total. The van der Waals surface area contributed by atoms with Gasteiger partial charge in [-0.2, -0.15) is 4.98 Å². The first kappa shape index (κ1) is 24.6. The van der Waals surface area contributed by atoms with E-state index in [0.717, 1.165) is 18.4 Å². The second-order valence-electron chi connectivity index (χ2n) is 9.92. The average Bonchev–Trinajstić information content (AvgIpc) is 3.66. The first-order valence-electron chi connectivity index (χ1n) is 13.0. The van der Waals surface area contributed by atoms with Gasteiger partial charge in [0, 0.05) is 37.3 Å². The largest absolute Gasteiger partial charge is 0.480 e. The fourth-order valence-corrected chi connectivity index (χ4v) is 5.68. The highest BCUT2D eigenvalue weighted by atomic mass is 19.3. The molecule has 1 N–H and O–H groups in total. The number of aliphatic carboxylic acids is 1. The second kappa shape index (κ2) is 9.66. The summed E-state index contributed by atoms with van der Waals surface area (Å²) in [6, 6.07) is 9.98. The minimum atomic E-state index is -2.96. The van der Waals surface area contributed by atoms with Gasteiger partial charge in [0.05, 0.1) is 12.1 Å². The van der Waals surface area contributed by atoms with Gasteiger partial charge in [0.15, 0.2) is 22.9 Å². The van der Waals surface area contributed by atoms with Crippen LogP contribution in [0.5, 0.6) is 6.01 Å². The Morgan fingerprint density at radius 3 is 2.73 bits per heavy atom. The van der Waals surface area contributed by atoms with Gasteiger partial charge in [-0.05, 0) is 37.1 Å². The van der Waals surface area contributed by atoms with Crippen LogP contribution in [0.15, 0.2) is 47.0 Å². The van der Waals surface area contributed by atoms with Gasteiger partial charge in [0.25, 0.3) is 12.4 Å². The number of alkyl halides is 2. The number of furan rings is 1. The van der Waals surface area contributed by atoms with Crippen LogP contribution in [0.3, 0.4) is 0 Å². The summed E-state index contributed by atoms with van der Waals surface area (Å²) in [5, 5.41) is 10.7. The lowest BCUT2D eigenvalue weighted by atomic mass is 10.1. The standard InChI is InChI=1S/C27H24F2N6O5/c28-22(29)24-31-20-16-4-1-2-6-19(16)40-21(20)25(32-24)34-13-15(12-18(34)26(36)37)39-27-33-23-17(5-3-9-30-23)35(27)14-7-10-38-11-8-14/h1-6,9,14-15,18,22H,7-8,10-13H2,(H,36,37)/t15-,18-/m0/s1. The Hall–Kier alpha value is -4.39. The van der Waals surface area contributed by atoms with E-state index >= 15 is 0 Å². The number of carbonyl (C=O) groups is 1. The molecule has 0 aliphatic carbocycles. The summed E-state index contributed by atoms with van der Waals surface area (Å²) in [5.41, 5.74) is 2.13. The maximum absolute atomic E-state index is 13.9. The molecule has 5 aromatic rings. The monoisotopic (exact) mass is 550 g/mol. The molecule has 2 aliphatic rings. The predicted octanol–water partition coefficient (Wildman–Crippen LogP) is 4.52. The molecule has 0 saturated carbocycles. The number of hydrogen-bond donors (Lipinski definition) is 1. The summed E-state index contributed by atoms with van der Waals surface area (Å²) in [6.45, 7) is 1.28. The Morgan fingerprint density at radius 2 is 1.93 bits per heavy atom. The normalized spacial score (nSPS) is 20.3. The van der Waals surface area contributed by atoms with E-state index in [0.29, 0.717) is 35.8 Å². The van der Waals surface area contributed by atoms with E-state index in [9.17, 15) is 18.7 Å². The summed E-state index contributed by atoms with van der Waals surface area (Å²) in [5.74, 6) is -1.84. The van der Waals surface area contributed by atoms with Crippen molar-refractivity contribution in [3.8, 4) is 6.01 Å². The topological polar surface area (TPSA) is 129 Å². The summed E-state index contributed by atoms with van der Waals surface area (Å²) >= 11 is 0. The fourth-order valence-electron chi connectivity index (χ4n) is 5.68. The van der Waals surface area contributed by atoms with Crippen molar-refractivity contribution in [2.75, 3.05) is 24.7 Å². The third-order valence-electron chi connectivity index (χ3n) is 7.50. The SMILES string of the molecule is O=C(O)[C@@H]1C[C@H](Oc2nc3ncccc3n2C2CCOCC2)CN1c1nc(C(F)F)nc2c1oc1ccccc12. The molecule has 7 rings (SSSR count). The second-order valence-corrected chi connectivity index (χ2v) is 9.92. The van der Waals surface area contributed by atoms with Gasteiger partial charge in [0.2, 0.25) is 0 Å². The Labute approximate surface area is 225 Å². The highest BCUT2D eigenvalue weighted by Crippen LogP contribution is 2.38. The first-order chi connectivity index (χ1) is 19.5. The van der Waals surface area contributed by atoms with E-state index in [1.807, 2.05) is 16.7 Å². The third kappa shape index (κ3) is 4.08. The number of para-hydroxylation sites is 1. The Bertz CT molecular complexity index is 1730. The number of halogens is 2. The third-order valence-corrected chi connectivity index (χ3v) is 7.50. The highest BCUT2D eigenvalue weighted by molar-refractivity contribution is 6.06. The smallest absolute Gasteiger partial charge is 0.326 e. The highest BCUT2D eigenvalue weighted by Gasteiger charge is 2.42. The number of aromatic nitrogens is 5. The number of hydrogen-bond acceptors (Lipinski definition) is 9. The van der Waals surface area contributed by atoms with Crippen LogP contribution < -0.4 is 9.64 Å². The summed E-state index contributed by atoms with van der Waals surface area (Å²) in [4.78, 5) is 31.0. The minimum Gasteiger partial charge on any atom is -0.480 e. The lowest BCUT2D eigenvalue weighted by Crippen LogP contribution is -2.37. The Balaban J connectivity index is 1.28. The zero-order valence-corrected chi connectivity index (χ0v) is 21.1. The van der Waals surface area contributed by atoms with Crippen LogP contribution in [-0.4, -0.2) is 67.5 Å². The van der Waals surface area contributed by atoms with Crippen LogP contribution in [0.2, 0.25) is 0 Å². The number of imidazole rings is 1. The fraction of sp³-hybridized carbons (Fsp3) is 0.370. The molecule has 2 aliphatic heterocycles. The molecule has 2 saturated heterocycles. The number of ether oxygens (including phenoxy) is 2. The number of pyridine rings is 1. The van der Waals surface area contributed by atoms with E-state index < -0.39 is 30.4 Å². The van der Waals surface area contributed by atoms with Crippen molar-refractivity contribution in [3.05, 3.63) is 48.4 Å². The molecule has 13 heteroatoms. The van der Waals surface area contributed by atoms with Crippen molar-refractivity contribution in [1.29, 1.82) is 0 Å². The number of rotatable bonds is 6. The van der Waals surface area contributed by atoms with Gasteiger partial charge in [-0.15, -0.1) is 0 Å². The summed E-state index contributed by atoms with van der Waals surface area (Å²) in [7, 11) is 0. The molecule has 2 fully saturated rings. The van der Waals surface area contributed by atoms with Crippen LogP contribution in [0, 0.1) is 0 Å². The Morgan fingerprint density at radius 1 is 1.10 bits per heavy atom. The lowest BCUT2D eigenvalue weighted by molar-refractivity contribution is -0.138. The molecule has 0 unspecified atom stereocenters. The quantitative estimate of drug-likeness (QED) is 0.322. The van der Waals surface area contributed by atoms with E-state index in [2.05, 4.69) is 19.9 Å². The molecule has 1 aromatic carbocycles. The molecule has 0 bridgehead atoms. The molecule has 4 aromatic heterocycles. The molecular weight excluding hydrogens is 526 g/mol. The van der Waals surface area contributed by atoms with Gasteiger partial charge < -0.3 is 23.9 Å². The summed E-state index contributed by atoms with van der Waals surface area (Å²) in [6.07, 6.45) is -0.309. The van der Waals surface area contributed by atoms with E-state index in [-0.39, 0.29) is 35.9 Å². The zero-order valence-electron chi connectivity index (χ0n) is 21.1. The number of carboxylic acids is 1. The number of carboxylic acid groups (broad SMARTS) is 1. The summed E-state index contributed by atoms with van der Waals surface area (Å²) < 4.78 is 47.6. The van der Waals surface area contributed by atoms with E-state index in [4.69, 9.17) is 13.9 Å². The van der Waals surface area contributed by atoms with Gasteiger partial charge in [0.1, 0.15) is 23.2 Å². The van der Waals surface area contributed by atoms with Crippen LogP contribution in [0.25, 0.3) is 33.2 Å². The van der Waals surface area contributed by atoms with Gasteiger partial charge >= 0.3 is 5.97 Å². The van der Waals surface area contributed by atoms with Crippen molar-refractivity contribution in [2.45, 2.75) is 43.9 Å². The maximum atomic E-state index is 13.9. The molecule has 40 heavy (non-hydrogen) atoms. The van der Waals surface area contributed by atoms with Crippen molar-refractivity contribution in [2.24, 2.45) is 0 Å². The predicted molar refractivity (Wildman–Crippen MR) is 139 cm³/mol. The van der Waals surface area contributed by atoms with E-state index in [1.54, 1.807) is 30.5 Å².